The third-order valence-corrected chi connectivity index (χ3v) is 6.04. The number of fused-ring (bicyclic) bond motifs is 2. The number of hydrogen-bond acceptors (Lipinski definition) is 4. The molecule has 2 fully saturated rings. The summed E-state index contributed by atoms with van der Waals surface area (Å²) >= 11 is 12.6. The Bertz CT molecular complexity index is 781. The Hall–Kier alpha value is -1.36. The van der Waals surface area contributed by atoms with Crippen LogP contribution < -0.4 is 0 Å². The number of carbonyl (C=O) groups is 1. The number of halogens is 2. The summed E-state index contributed by atoms with van der Waals surface area (Å²) in [5, 5.41) is 5.21. The van der Waals surface area contributed by atoms with E-state index in [0.717, 1.165) is 31.2 Å². The van der Waals surface area contributed by atoms with E-state index in [2.05, 4.69) is 5.16 Å². The summed E-state index contributed by atoms with van der Waals surface area (Å²) in [6.45, 7) is 2.23. The molecule has 1 aromatic carbocycles. The Morgan fingerprint density at radius 3 is 2.48 bits per heavy atom. The van der Waals surface area contributed by atoms with Gasteiger partial charge in [0.25, 0.3) is 0 Å². The van der Waals surface area contributed by atoms with Gasteiger partial charge in [0, 0.05) is 23.0 Å². The van der Waals surface area contributed by atoms with Crippen LogP contribution >= 0.6 is 23.2 Å². The van der Waals surface area contributed by atoms with Gasteiger partial charge in [-0.15, -0.1) is 0 Å². The number of nitrogens with zero attached hydrogens (tertiary/aromatic N) is 1. The van der Waals surface area contributed by atoms with Crippen LogP contribution in [0.5, 0.6) is 0 Å². The first-order valence-corrected chi connectivity index (χ1v) is 9.35. The van der Waals surface area contributed by atoms with Crippen molar-refractivity contribution in [3.63, 3.8) is 0 Å². The number of benzene rings is 1. The highest BCUT2D eigenvalue weighted by Gasteiger charge is 2.41. The fourth-order valence-corrected chi connectivity index (χ4v) is 4.61. The number of ether oxygens (including phenoxy) is 1. The highest BCUT2D eigenvalue weighted by atomic mass is 35.5. The predicted octanol–water partition coefficient (Wildman–Crippen LogP) is 5.23. The van der Waals surface area contributed by atoms with Crippen molar-refractivity contribution in [3.8, 4) is 11.3 Å². The molecule has 2 aliphatic rings. The van der Waals surface area contributed by atoms with Gasteiger partial charge >= 0.3 is 0 Å². The topological polar surface area (TPSA) is 52.3 Å². The normalized spacial score (nSPS) is 25.6. The summed E-state index contributed by atoms with van der Waals surface area (Å²) in [7, 11) is 0. The Kier molecular flexibility index (Phi) is 4.61. The predicted molar refractivity (Wildman–Crippen MR) is 95.7 cm³/mol. The van der Waals surface area contributed by atoms with Gasteiger partial charge in [0.2, 0.25) is 0 Å². The molecule has 25 heavy (non-hydrogen) atoms. The molecule has 4 nitrogen and oxygen atoms in total. The number of aryl methyl sites for hydroxylation is 1. The molecule has 2 unspecified atom stereocenters. The number of rotatable bonds is 4. The number of carbonyl (C=O) groups excluding carboxylic acids is 1. The molecule has 6 heteroatoms. The second-order valence-electron chi connectivity index (χ2n) is 6.94. The lowest BCUT2D eigenvalue weighted by Gasteiger charge is -2.26. The number of hydrogen-bond donors (Lipinski definition) is 0. The van der Waals surface area contributed by atoms with Crippen molar-refractivity contribution in [2.75, 3.05) is 0 Å². The molecule has 2 atom stereocenters. The lowest BCUT2D eigenvalue weighted by atomic mass is 9.86. The van der Waals surface area contributed by atoms with Crippen LogP contribution in [-0.2, 0) is 16.1 Å². The Morgan fingerprint density at radius 1 is 1.20 bits per heavy atom. The summed E-state index contributed by atoms with van der Waals surface area (Å²) < 4.78 is 11.5. The van der Waals surface area contributed by atoms with Crippen molar-refractivity contribution in [3.05, 3.63) is 39.6 Å². The average Bonchev–Trinajstić information content (AvgIpc) is 3.01. The molecule has 132 valence electrons. The minimum absolute atomic E-state index is 0.110. The molecule has 0 radical (unpaired) electrons. The molecule has 0 saturated heterocycles. The van der Waals surface area contributed by atoms with E-state index in [1.54, 1.807) is 18.2 Å². The van der Waals surface area contributed by atoms with E-state index in [1.807, 2.05) is 6.92 Å². The smallest absolute Gasteiger partial charge is 0.139 e. The maximum Gasteiger partial charge on any atom is 0.139 e. The van der Waals surface area contributed by atoms with Gasteiger partial charge in [-0.1, -0.05) is 34.4 Å². The lowest BCUT2D eigenvalue weighted by Crippen LogP contribution is -2.30. The highest BCUT2D eigenvalue weighted by Crippen LogP contribution is 2.41. The molecule has 1 aromatic heterocycles. The minimum Gasteiger partial charge on any atom is -0.373 e. The van der Waals surface area contributed by atoms with E-state index in [9.17, 15) is 4.79 Å². The molecule has 2 saturated carbocycles. The van der Waals surface area contributed by atoms with Gasteiger partial charge in [-0.2, -0.15) is 0 Å². The van der Waals surface area contributed by atoms with Gasteiger partial charge in [0.1, 0.15) is 17.2 Å². The molecule has 2 aromatic rings. The Morgan fingerprint density at radius 2 is 1.84 bits per heavy atom. The first-order chi connectivity index (χ1) is 12.0. The second-order valence-corrected chi connectivity index (χ2v) is 7.75. The van der Waals surface area contributed by atoms with Crippen molar-refractivity contribution < 1.29 is 14.1 Å². The SMILES string of the molecule is Cc1onc(-c2c(Cl)cccc2Cl)c1COC1CC2CCC(C1)C2=O. The first kappa shape index (κ1) is 17.1. The van der Waals surface area contributed by atoms with Crippen LogP contribution in [0.25, 0.3) is 11.3 Å². The third kappa shape index (κ3) is 3.12. The summed E-state index contributed by atoms with van der Waals surface area (Å²) in [5.41, 5.74) is 2.15. The zero-order valence-corrected chi connectivity index (χ0v) is 15.4. The lowest BCUT2D eigenvalue weighted by molar-refractivity contribution is -0.130. The largest absolute Gasteiger partial charge is 0.373 e. The molecule has 0 N–H and O–H groups in total. The molecular formula is C19H19Cl2NO3. The van der Waals surface area contributed by atoms with Gasteiger partial charge < -0.3 is 9.26 Å². The summed E-state index contributed by atoms with van der Waals surface area (Å²) in [4.78, 5) is 12.0. The van der Waals surface area contributed by atoms with E-state index in [1.165, 1.54) is 0 Å². The zero-order chi connectivity index (χ0) is 17.6. The van der Waals surface area contributed by atoms with Gasteiger partial charge in [-0.05, 0) is 44.7 Å². The van der Waals surface area contributed by atoms with Gasteiger partial charge in [-0.25, -0.2) is 0 Å². The minimum atomic E-state index is 0.110. The number of ketones is 1. The maximum atomic E-state index is 12.0. The Labute approximate surface area is 156 Å². The number of aromatic nitrogens is 1. The fourth-order valence-electron chi connectivity index (χ4n) is 4.04. The van der Waals surface area contributed by atoms with Crippen molar-refractivity contribution in [2.24, 2.45) is 11.8 Å². The molecule has 4 rings (SSSR count). The van der Waals surface area contributed by atoms with Crippen molar-refractivity contribution in [2.45, 2.75) is 45.3 Å². The van der Waals surface area contributed by atoms with Crippen LogP contribution in [0, 0.1) is 18.8 Å². The summed E-state index contributed by atoms with van der Waals surface area (Å²) in [6, 6.07) is 5.36. The molecule has 1 heterocycles. The van der Waals surface area contributed by atoms with Crippen molar-refractivity contribution >= 4 is 29.0 Å². The van der Waals surface area contributed by atoms with E-state index >= 15 is 0 Å². The first-order valence-electron chi connectivity index (χ1n) is 8.59. The van der Waals surface area contributed by atoms with Crippen LogP contribution in [0.1, 0.15) is 37.0 Å². The van der Waals surface area contributed by atoms with E-state index in [-0.39, 0.29) is 17.9 Å². The zero-order valence-electron chi connectivity index (χ0n) is 13.9. The van der Waals surface area contributed by atoms with Gasteiger partial charge in [-0.3, -0.25) is 4.79 Å². The monoisotopic (exact) mass is 379 g/mol. The molecular weight excluding hydrogens is 361 g/mol. The number of Topliss-reactive ketones (excluding diaryl/α,β-unsaturated/α-hetero) is 1. The molecule has 0 aliphatic heterocycles. The van der Waals surface area contributed by atoms with Gasteiger partial charge in [0.05, 0.1) is 22.8 Å². The van der Waals surface area contributed by atoms with E-state index in [4.69, 9.17) is 32.5 Å². The van der Waals surface area contributed by atoms with Gasteiger partial charge in [0.15, 0.2) is 0 Å². The molecule has 2 aliphatic carbocycles. The second kappa shape index (κ2) is 6.75. The average molecular weight is 380 g/mol. The van der Waals surface area contributed by atoms with Crippen molar-refractivity contribution in [1.29, 1.82) is 0 Å². The molecule has 0 spiro atoms. The van der Waals surface area contributed by atoms with E-state index in [0.29, 0.717) is 39.5 Å². The molecule has 0 amide bonds. The summed E-state index contributed by atoms with van der Waals surface area (Å²) in [6.07, 6.45) is 3.77. The van der Waals surface area contributed by atoms with E-state index < -0.39 is 0 Å². The van der Waals surface area contributed by atoms with Crippen LogP contribution in [0.15, 0.2) is 22.7 Å². The van der Waals surface area contributed by atoms with Crippen LogP contribution in [0.3, 0.4) is 0 Å². The quantitative estimate of drug-likeness (QED) is 0.729. The molecule has 2 bridgehead atoms. The van der Waals surface area contributed by atoms with Crippen LogP contribution in [-0.4, -0.2) is 17.0 Å². The Balaban J connectivity index is 1.54. The highest BCUT2D eigenvalue weighted by molar-refractivity contribution is 6.39. The standard InChI is InChI=1S/C19H19Cl2NO3/c1-10-14(9-24-13-7-11-5-6-12(8-13)19(11)23)18(22-25-10)17-15(20)3-2-4-16(17)21/h2-4,11-13H,5-9H2,1H3. The van der Waals surface area contributed by atoms with Crippen LogP contribution in [0.2, 0.25) is 10.0 Å². The third-order valence-electron chi connectivity index (χ3n) is 5.41. The van der Waals surface area contributed by atoms with Crippen molar-refractivity contribution in [1.82, 2.24) is 5.16 Å². The maximum absolute atomic E-state index is 12.0. The fraction of sp³-hybridized carbons (Fsp3) is 0.474. The van der Waals surface area contributed by atoms with Crippen LogP contribution in [0.4, 0.5) is 0 Å². The summed E-state index contributed by atoms with van der Waals surface area (Å²) in [5.74, 6) is 1.50.